The van der Waals surface area contributed by atoms with Crippen molar-refractivity contribution >= 4 is 34.8 Å². The van der Waals surface area contributed by atoms with Crippen molar-refractivity contribution in [3.8, 4) is 5.75 Å². The fraction of sp³-hybridized carbons (Fsp3) is 0.143. The van der Waals surface area contributed by atoms with Gasteiger partial charge in [0.05, 0.1) is 0 Å². The lowest BCUT2D eigenvalue weighted by molar-refractivity contribution is 0.429. The van der Waals surface area contributed by atoms with Crippen molar-refractivity contribution < 1.29 is 9.50 Å². The second-order valence-electron chi connectivity index (χ2n) is 2.14. The summed E-state index contributed by atoms with van der Waals surface area (Å²) in [5.41, 5.74) is -0.160. The topological polar surface area (TPSA) is 20.2 Å². The average Bonchev–Trinajstić information content (AvgIpc) is 1.92. The smallest absolute Gasteiger partial charge is 0.218 e. The van der Waals surface area contributed by atoms with Gasteiger partial charge in [0.1, 0.15) is 0 Å². The summed E-state index contributed by atoms with van der Waals surface area (Å²) in [6.45, 7) is 0. The van der Waals surface area contributed by atoms with E-state index in [1.165, 1.54) is 18.2 Å². The second kappa shape index (κ2) is 3.29. The van der Waals surface area contributed by atoms with Gasteiger partial charge in [0.25, 0.3) is 0 Å². The van der Waals surface area contributed by atoms with Crippen LogP contribution in [0.3, 0.4) is 0 Å². The summed E-state index contributed by atoms with van der Waals surface area (Å²) in [5.74, 6) is -1.43. The first-order chi connectivity index (χ1) is 5.43. The number of hydrogen-bond acceptors (Lipinski definition) is 1. The molecule has 12 heavy (non-hydrogen) atoms. The molecule has 0 heterocycles. The standard InChI is InChI=1S/C7H4Cl3FO/c8-7(9,10)4-2-1-3-5(12)6(4)11/h1-3,12H. The summed E-state index contributed by atoms with van der Waals surface area (Å²) in [4.78, 5) is 0. The zero-order valence-corrected chi connectivity index (χ0v) is 7.96. The number of benzene rings is 1. The van der Waals surface area contributed by atoms with Crippen LogP contribution < -0.4 is 0 Å². The van der Waals surface area contributed by atoms with Crippen molar-refractivity contribution in [1.29, 1.82) is 0 Å². The SMILES string of the molecule is Oc1cccc(C(Cl)(Cl)Cl)c1F. The molecule has 5 heteroatoms. The summed E-state index contributed by atoms with van der Waals surface area (Å²) >= 11 is 16.2. The Balaban J connectivity index is 3.26. The van der Waals surface area contributed by atoms with Crippen LogP contribution in [-0.4, -0.2) is 5.11 Å². The van der Waals surface area contributed by atoms with Gasteiger partial charge < -0.3 is 5.11 Å². The van der Waals surface area contributed by atoms with Crippen molar-refractivity contribution in [2.45, 2.75) is 3.79 Å². The van der Waals surface area contributed by atoms with E-state index in [2.05, 4.69) is 0 Å². The fourth-order valence-corrected chi connectivity index (χ4v) is 1.18. The zero-order valence-electron chi connectivity index (χ0n) is 5.69. The number of alkyl halides is 3. The summed E-state index contributed by atoms with van der Waals surface area (Å²) in [7, 11) is 0. The lowest BCUT2D eigenvalue weighted by atomic mass is 10.2. The highest BCUT2D eigenvalue weighted by Gasteiger charge is 2.27. The van der Waals surface area contributed by atoms with Crippen LogP contribution >= 0.6 is 34.8 Å². The summed E-state index contributed by atoms with van der Waals surface area (Å²) in [6.07, 6.45) is 0. The summed E-state index contributed by atoms with van der Waals surface area (Å²) < 4.78 is 11.1. The molecule has 66 valence electrons. The molecular weight excluding hydrogens is 225 g/mol. The van der Waals surface area contributed by atoms with Crippen LogP contribution in [0.5, 0.6) is 5.75 Å². The molecule has 1 N–H and O–H groups in total. The van der Waals surface area contributed by atoms with Gasteiger partial charge in [0.15, 0.2) is 11.6 Å². The molecule has 1 aromatic rings. The number of hydrogen-bond donors (Lipinski definition) is 1. The minimum absolute atomic E-state index is 0.160. The van der Waals surface area contributed by atoms with E-state index in [1.807, 2.05) is 0 Å². The maximum absolute atomic E-state index is 13.0. The molecule has 0 amide bonds. The molecule has 0 saturated heterocycles. The number of rotatable bonds is 0. The van der Waals surface area contributed by atoms with Gasteiger partial charge in [-0.15, -0.1) is 0 Å². The van der Waals surface area contributed by atoms with Gasteiger partial charge in [-0.25, -0.2) is 4.39 Å². The molecule has 0 spiro atoms. The van der Waals surface area contributed by atoms with Gasteiger partial charge in [0.2, 0.25) is 3.79 Å². The lowest BCUT2D eigenvalue weighted by Gasteiger charge is -2.12. The quantitative estimate of drug-likeness (QED) is 0.676. The van der Waals surface area contributed by atoms with E-state index in [9.17, 15) is 4.39 Å². The predicted molar refractivity (Wildman–Crippen MR) is 47.3 cm³/mol. The van der Waals surface area contributed by atoms with E-state index < -0.39 is 15.4 Å². The minimum Gasteiger partial charge on any atom is -0.505 e. The van der Waals surface area contributed by atoms with E-state index in [-0.39, 0.29) is 5.56 Å². The number of phenolic OH excluding ortho intramolecular Hbond substituents is 1. The largest absolute Gasteiger partial charge is 0.505 e. The normalized spacial score (nSPS) is 11.7. The van der Waals surface area contributed by atoms with E-state index in [0.717, 1.165) is 0 Å². The Hall–Kier alpha value is -0.180. The molecule has 0 saturated carbocycles. The number of halogens is 4. The highest BCUT2D eigenvalue weighted by Crippen LogP contribution is 2.41. The van der Waals surface area contributed by atoms with Crippen molar-refractivity contribution in [2.75, 3.05) is 0 Å². The third kappa shape index (κ3) is 1.94. The molecule has 0 aliphatic carbocycles. The molecule has 0 bridgehead atoms. The highest BCUT2D eigenvalue weighted by atomic mass is 35.6. The fourth-order valence-electron chi connectivity index (χ4n) is 0.739. The molecule has 1 aromatic carbocycles. The summed E-state index contributed by atoms with van der Waals surface area (Å²) in [5, 5.41) is 8.91. The molecule has 1 rings (SSSR count). The van der Waals surface area contributed by atoms with Gasteiger partial charge >= 0.3 is 0 Å². The van der Waals surface area contributed by atoms with Gasteiger partial charge in [-0.3, -0.25) is 0 Å². The molecule has 0 unspecified atom stereocenters. The molecule has 0 atom stereocenters. The second-order valence-corrected chi connectivity index (χ2v) is 4.42. The zero-order chi connectivity index (χ0) is 9.35. The third-order valence-corrected chi connectivity index (χ3v) is 1.89. The van der Waals surface area contributed by atoms with Crippen LogP contribution in [0.4, 0.5) is 4.39 Å². The molecule has 0 aliphatic rings. The molecule has 0 radical (unpaired) electrons. The first kappa shape index (κ1) is 9.90. The van der Waals surface area contributed by atoms with Crippen LogP contribution in [-0.2, 0) is 3.79 Å². The Bertz CT molecular complexity index is 295. The maximum atomic E-state index is 13.0. The van der Waals surface area contributed by atoms with Gasteiger partial charge in [-0.2, -0.15) is 0 Å². The molecule has 0 fully saturated rings. The maximum Gasteiger partial charge on any atom is 0.218 e. The van der Waals surface area contributed by atoms with Crippen LogP contribution in [0, 0.1) is 5.82 Å². The van der Waals surface area contributed by atoms with Crippen molar-refractivity contribution in [3.05, 3.63) is 29.6 Å². The van der Waals surface area contributed by atoms with Crippen LogP contribution in [0.1, 0.15) is 5.56 Å². The Morgan fingerprint density at radius 2 is 1.83 bits per heavy atom. The lowest BCUT2D eigenvalue weighted by Crippen LogP contribution is -2.03. The Labute approximate surface area is 83.7 Å². The number of phenols is 1. The van der Waals surface area contributed by atoms with E-state index in [1.54, 1.807) is 0 Å². The van der Waals surface area contributed by atoms with Gasteiger partial charge in [-0.05, 0) is 6.07 Å². The van der Waals surface area contributed by atoms with E-state index in [4.69, 9.17) is 39.9 Å². The molecular formula is C7H4Cl3FO. The Morgan fingerprint density at radius 3 is 2.25 bits per heavy atom. The predicted octanol–water partition coefficient (Wildman–Crippen LogP) is 3.36. The van der Waals surface area contributed by atoms with E-state index >= 15 is 0 Å². The van der Waals surface area contributed by atoms with Gasteiger partial charge in [-0.1, -0.05) is 46.9 Å². The molecule has 1 nitrogen and oxygen atoms in total. The minimum atomic E-state index is -1.84. The van der Waals surface area contributed by atoms with Crippen LogP contribution in [0.15, 0.2) is 18.2 Å². The number of aromatic hydroxyl groups is 1. The Morgan fingerprint density at radius 1 is 1.25 bits per heavy atom. The van der Waals surface area contributed by atoms with Crippen molar-refractivity contribution in [3.63, 3.8) is 0 Å². The van der Waals surface area contributed by atoms with Crippen molar-refractivity contribution in [2.24, 2.45) is 0 Å². The highest BCUT2D eigenvalue weighted by molar-refractivity contribution is 6.66. The first-order valence-electron chi connectivity index (χ1n) is 2.97. The van der Waals surface area contributed by atoms with Crippen LogP contribution in [0.25, 0.3) is 0 Å². The van der Waals surface area contributed by atoms with E-state index in [0.29, 0.717) is 0 Å². The van der Waals surface area contributed by atoms with Crippen LogP contribution in [0.2, 0.25) is 0 Å². The molecule has 0 aromatic heterocycles. The molecule has 0 aliphatic heterocycles. The summed E-state index contributed by atoms with van der Waals surface area (Å²) in [6, 6.07) is 3.87. The Kier molecular flexibility index (Phi) is 2.71. The first-order valence-corrected chi connectivity index (χ1v) is 4.11. The third-order valence-electron chi connectivity index (χ3n) is 1.28. The van der Waals surface area contributed by atoms with Gasteiger partial charge in [0, 0.05) is 5.56 Å². The average molecular weight is 229 g/mol. The van der Waals surface area contributed by atoms with Crippen molar-refractivity contribution in [1.82, 2.24) is 0 Å². The monoisotopic (exact) mass is 228 g/mol.